The van der Waals surface area contributed by atoms with E-state index in [4.69, 9.17) is 11.6 Å². The number of halogens is 1. The molecule has 1 atom stereocenters. The largest absolute Gasteiger partial charge is 0.465 e. The van der Waals surface area contributed by atoms with Gasteiger partial charge < -0.3 is 4.74 Å². The van der Waals surface area contributed by atoms with E-state index in [2.05, 4.69) is 15.3 Å². The van der Waals surface area contributed by atoms with E-state index < -0.39 is 32.6 Å². The van der Waals surface area contributed by atoms with E-state index in [9.17, 15) is 25.0 Å². The van der Waals surface area contributed by atoms with Gasteiger partial charge in [-0.3, -0.25) is 30.4 Å². The van der Waals surface area contributed by atoms with Crippen LogP contribution in [-0.2, 0) is 9.53 Å². The number of anilines is 1. The monoisotopic (exact) mass is 330 g/mol. The highest BCUT2D eigenvalue weighted by atomic mass is 35.5. The maximum Gasteiger partial charge on any atom is 0.329 e. The van der Waals surface area contributed by atoms with Crippen LogP contribution in [0, 0.1) is 20.2 Å². The van der Waals surface area contributed by atoms with Gasteiger partial charge in [-0.25, -0.2) is 0 Å². The summed E-state index contributed by atoms with van der Waals surface area (Å²) in [6.45, 7) is 1.76. The minimum absolute atomic E-state index is 0.0837. The average Bonchev–Trinajstić information content (AvgIpc) is 2.47. The number of non-ortho nitro benzene ring substituents is 1. The fourth-order valence-electron chi connectivity index (χ4n) is 1.33. The van der Waals surface area contributed by atoms with Crippen molar-refractivity contribution in [2.75, 3.05) is 12.0 Å². The molecule has 118 valence electrons. The van der Waals surface area contributed by atoms with Crippen LogP contribution in [0.3, 0.4) is 0 Å². The standard InChI is InChI=1S/C11H11ClN4O6/c1-2-22-11(17)8(12)6-13-14-9-4-3-7(15(18)19)5-10(9)16(20)21/h3-6,8,14H,2H2,1H3/b13-6+. The topological polar surface area (TPSA) is 137 Å². The zero-order chi connectivity index (χ0) is 16.7. The molecule has 1 aromatic carbocycles. The number of alkyl halides is 1. The van der Waals surface area contributed by atoms with Crippen LogP contribution in [0.15, 0.2) is 23.3 Å². The van der Waals surface area contributed by atoms with Crippen LogP contribution in [0.2, 0.25) is 0 Å². The number of benzene rings is 1. The van der Waals surface area contributed by atoms with E-state index in [0.717, 1.165) is 24.4 Å². The lowest BCUT2D eigenvalue weighted by Gasteiger charge is -2.04. The normalized spacial score (nSPS) is 11.9. The lowest BCUT2D eigenvalue weighted by molar-refractivity contribution is -0.393. The van der Waals surface area contributed by atoms with Crippen LogP contribution in [-0.4, -0.2) is 34.0 Å². The van der Waals surface area contributed by atoms with Crippen molar-refractivity contribution >= 4 is 40.8 Å². The van der Waals surface area contributed by atoms with Gasteiger partial charge in [-0.15, -0.1) is 11.6 Å². The molecule has 1 aromatic rings. The Hall–Kier alpha value is -2.75. The first-order valence-corrected chi connectivity index (χ1v) is 6.33. The van der Waals surface area contributed by atoms with Gasteiger partial charge in [0.05, 0.1) is 28.7 Å². The Balaban J connectivity index is 2.87. The van der Waals surface area contributed by atoms with Gasteiger partial charge in [-0.1, -0.05) is 0 Å². The molecule has 0 aliphatic rings. The molecule has 0 amide bonds. The molecule has 0 aliphatic carbocycles. The molecular formula is C11H11ClN4O6. The summed E-state index contributed by atoms with van der Waals surface area (Å²) in [5, 5.41) is 23.9. The summed E-state index contributed by atoms with van der Waals surface area (Å²) in [6.07, 6.45) is 0.991. The molecule has 0 saturated heterocycles. The number of nitro groups is 2. The molecule has 0 radical (unpaired) electrons. The third-order valence-corrected chi connectivity index (χ3v) is 2.58. The van der Waals surface area contributed by atoms with Gasteiger partial charge in [-0.05, 0) is 13.0 Å². The Labute approximate surface area is 129 Å². The fourth-order valence-corrected chi connectivity index (χ4v) is 1.45. The number of esters is 1. The number of carbonyl (C=O) groups is 1. The highest BCUT2D eigenvalue weighted by molar-refractivity contribution is 6.38. The van der Waals surface area contributed by atoms with E-state index in [0.29, 0.717) is 0 Å². The number of nitrogens with zero attached hydrogens (tertiary/aromatic N) is 3. The van der Waals surface area contributed by atoms with Gasteiger partial charge in [0, 0.05) is 6.07 Å². The molecule has 10 nitrogen and oxygen atoms in total. The van der Waals surface area contributed by atoms with Gasteiger partial charge in [0.25, 0.3) is 5.69 Å². The van der Waals surface area contributed by atoms with E-state index in [1.54, 1.807) is 6.92 Å². The number of rotatable bonds is 7. The molecule has 11 heteroatoms. The van der Waals surface area contributed by atoms with Crippen molar-refractivity contribution in [2.24, 2.45) is 5.10 Å². The molecule has 1 N–H and O–H groups in total. The van der Waals surface area contributed by atoms with E-state index in [-0.39, 0.29) is 12.3 Å². The molecule has 0 spiro atoms. The van der Waals surface area contributed by atoms with Crippen molar-refractivity contribution in [2.45, 2.75) is 12.3 Å². The molecule has 0 aromatic heterocycles. The number of ether oxygens (including phenoxy) is 1. The molecule has 0 saturated carbocycles. The molecule has 1 unspecified atom stereocenters. The first kappa shape index (κ1) is 17.3. The molecule has 1 rings (SSSR count). The van der Waals surface area contributed by atoms with Crippen molar-refractivity contribution in [3.8, 4) is 0 Å². The molecular weight excluding hydrogens is 320 g/mol. The summed E-state index contributed by atoms with van der Waals surface area (Å²) in [4.78, 5) is 31.1. The van der Waals surface area contributed by atoms with Gasteiger partial charge >= 0.3 is 11.7 Å². The van der Waals surface area contributed by atoms with Crippen molar-refractivity contribution in [1.29, 1.82) is 0 Å². The van der Waals surface area contributed by atoms with E-state index in [1.165, 1.54) is 0 Å². The maximum absolute atomic E-state index is 11.2. The summed E-state index contributed by atoms with van der Waals surface area (Å²) >= 11 is 5.66. The summed E-state index contributed by atoms with van der Waals surface area (Å²) in [5.41, 5.74) is 1.26. The quantitative estimate of drug-likeness (QED) is 0.265. The minimum atomic E-state index is -1.16. The van der Waals surface area contributed by atoms with Gasteiger partial charge in [0.15, 0.2) is 5.38 Å². The van der Waals surface area contributed by atoms with Gasteiger partial charge in [-0.2, -0.15) is 5.10 Å². The number of nitrogens with one attached hydrogen (secondary N) is 1. The molecule has 22 heavy (non-hydrogen) atoms. The SMILES string of the molecule is CCOC(=O)C(Cl)/C=N/Nc1ccc([N+](=O)[O-])cc1[N+](=O)[O-]. The Bertz CT molecular complexity index is 621. The summed E-state index contributed by atoms with van der Waals surface area (Å²) < 4.78 is 4.64. The lowest BCUT2D eigenvalue weighted by atomic mass is 10.2. The number of hydrazone groups is 1. The summed E-state index contributed by atoms with van der Waals surface area (Å²) in [5.74, 6) is -0.715. The number of hydrogen-bond donors (Lipinski definition) is 1. The van der Waals surface area contributed by atoms with Gasteiger partial charge in [0.2, 0.25) is 0 Å². The molecule has 0 aliphatic heterocycles. The lowest BCUT2D eigenvalue weighted by Crippen LogP contribution is -2.19. The van der Waals surface area contributed by atoms with Crippen LogP contribution in [0.5, 0.6) is 0 Å². The summed E-state index contributed by atoms with van der Waals surface area (Å²) in [7, 11) is 0. The minimum Gasteiger partial charge on any atom is -0.465 e. The Morgan fingerprint density at radius 1 is 1.45 bits per heavy atom. The van der Waals surface area contributed by atoms with Crippen LogP contribution in [0.4, 0.5) is 17.1 Å². The Morgan fingerprint density at radius 3 is 2.68 bits per heavy atom. The van der Waals surface area contributed by atoms with Crippen LogP contribution < -0.4 is 5.43 Å². The Kier molecular flexibility index (Phi) is 6.20. The fraction of sp³-hybridized carbons (Fsp3) is 0.273. The van der Waals surface area contributed by atoms with Crippen molar-refractivity contribution < 1.29 is 19.4 Å². The number of carbonyl (C=O) groups excluding carboxylic acids is 1. The van der Waals surface area contributed by atoms with Crippen LogP contribution in [0.25, 0.3) is 0 Å². The number of nitro benzene ring substituents is 2. The summed E-state index contributed by atoms with van der Waals surface area (Å²) in [6, 6.07) is 3.00. The van der Waals surface area contributed by atoms with E-state index in [1.807, 2.05) is 0 Å². The zero-order valence-electron chi connectivity index (χ0n) is 11.3. The van der Waals surface area contributed by atoms with Crippen molar-refractivity contribution in [3.05, 3.63) is 38.4 Å². The van der Waals surface area contributed by atoms with Crippen molar-refractivity contribution in [3.63, 3.8) is 0 Å². The predicted molar refractivity (Wildman–Crippen MR) is 78.1 cm³/mol. The first-order valence-electron chi connectivity index (χ1n) is 5.89. The second-order valence-electron chi connectivity index (χ2n) is 3.76. The van der Waals surface area contributed by atoms with Crippen LogP contribution >= 0.6 is 11.6 Å². The third kappa shape index (κ3) is 4.66. The van der Waals surface area contributed by atoms with Crippen molar-refractivity contribution in [1.82, 2.24) is 0 Å². The average molecular weight is 331 g/mol. The second kappa shape index (κ2) is 7.88. The van der Waals surface area contributed by atoms with Gasteiger partial charge in [0.1, 0.15) is 5.69 Å². The zero-order valence-corrected chi connectivity index (χ0v) is 12.0. The Morgan fingerprint density at radius 2 is 2.14 bits per heavy atom. The first-order chi connectivity index (χ1) is 10.4. The highest BCUT2D eigenvalue weighted by Gasteiger charge is 2.19. The van der Waals surface area contributed by atoms with E-state index >= 15 is 0 Å². The predicted octanol–water partition coefficient (Wildman–Crippen LogP) is 2.07. The smallest absolute Gasteiger partial charge is 0.329 e. The molecule has 0 fully saturated rings. The molecule has 0 bridgehead atoms. The highest BCUT2D eigenvalue weighted by Crippen LogP contribution is 2.28. The van der Waals surface area contributed by atoms with Crippen LogP contribution in [0.1, 0.15) is 6.92 Å². The maximum atomic E-state index is 11.2. The molecule has 0 heterocycles. The second-order valence-corrected chi connectivity index (χ2v) is 4.23. The number of hydrogen-bond acceptors (Lipinski definition) is 8. The third-order valence-electron chi connectivity index (χ3n) is 2.29.